The summed E-state index contributed by atoms with van der Waals surface area (Å²) >= 11 is 0. The Kier molecular flexibility index (Phi) is 3.00. The predicted molar refractivity (Wildman–Crippen MR) is 61.8 cm³/mol. The molecule has 1 aliphatic carbocycles. The molecule has 1 aromatic carbocycles. The molecule has 1 aromatic rings. The maximum atomic E-state index is 11.8. The first kappa shape index (κ1) is 10.2. The van der Waals surface area contributed by atoms with Gasteiger partial charge in [-0.1, -0.05) is 35.9 Å². The van der Waals surface area contributed by atoms with Crippen LogP contribution < -0.4 is 0 Å². The zero-order chi connectivity index (χ0) is 10.7. The van der Waals surface area contributed by atoms with Gasteiger partial charge in [0.15, 0.2) is 5.78 Å². The van der Waals surface area contributed by atoms with E-state index in [1.54, 1.807) is 0 Å². The van der Waals surface area contributed by atoms with Crippen LogP contribution in [0.4, 0.5) is 0 Å². The molecule has 1 heteroatoms. The van der Waals surface area contributed by atoms with Gasteiger partial charge in [0.2, 0.25) is 0 Å². The largest absolute Gasteiger partial charge is 0.294 e. The van der Waals surface area contributed by atoms with Gasteiger partial charge in [0.25, 0.3) is 0 Å². The van der Waals surface area contributed by atoms with E-state index in [1.807, 2.05) is 12.1 Å². The number of benzene rings is 1. The Morgan fingerprint density at radius 2 is 2.00 bits per heavy atom. The third-order valence-corrected chi connectivity index (χ3v) is 2.88. The maximum absolute atomic E-state index is 11.8. The van der Waals surface area contributed by atoms with Crippen LogP contribution in [0.5, 0.6) is 0 Å². The normalized spacial score (nSPS) is 15.1. The van der Waals surface area contributed by atoms with Crippen molar-refractivity contribution in [3.8, 4) is 0 Å². The lowest BCUT2D eigenvalue weighted by Gasteiger charge is -2.02. The van der Waals surface area contributed by atoms with Gasteiger partial charge in [-0.25, -0.2) is 0 Å². The minimum Gasteiger partial charge on any atom is -0.294 e. The van der Waals surface area contributed by atoms with Gasteiger partial charge in [0, 0.05) is 6.42 Å². The highest BCUT2D eigenvalue weighted by molar-refractivity contribution is 5.97. The summed E-state index contributed by atoms with van der Waals surface area (Å²) < 4.78 is 0. The second-order valence-corrected chi connectivity index (χ2v) is 4.21. The van der Waals surface area contributed by atoms with Gasteiger partial charge in [0.1, 0.15) is 0 Å². The molecule has 0 saturated carbocycles. The summed E-state index contributed by atoms with van der Waals surface area (Å²) in [5.74, 6) is 0.302. The summed E-state index contributed by atoms with van der Waals surface area (Å²) in [6.45, 7) is 2.06. The first-order valence-corrected chi connectivity index (χ1v) is 5.53. The number of hydrogen-bond acceptors (Lipinski definition) is 1. The lowest BCUT2D eigenvalue weighted by molar-refractivity contribution is -0.115. The zero-order valence-electron chi connectivity index (χ0n) is 9.12. The summed E-state index contributed by atoms with van der Waals surface area (Å²) in [6.07, 6.45) is 5.86. The topological polar surface area (TPSA) is 17.1 Å². The van der Waals surface area contributed by atoms with Gasteiger partial charge >= 0.3 is 0 Å². The van der Waals surface area contributed by atoms with Crippen molar-refractivity contribution in [3.63, 3.8) is 0 Å². The molecule has 2 rings (SSSR count). The van der Waals surface area contributed by atoms with E-state index in [2.05, 4.69) is 25.1 Å². The Balaban J connectivity index is 2.02. The van der Waals surface area contributed by atoms with Gasteiger partial charge in [0.05, 0.1) is 0 Å². The van der Waals surface area contributed by atoms with E-state index in [4.69, 9.17) is 0 Å². The van der Waals surface area contributed by atoms with Crippen molar-refractivity contribution in [2.75, 3.05) is 0 Å². The molecule has 0 bridgehead atoms. The second kappa shape index (κ2) is 4.43. The predicted octanol–water partition coefficient (Wildman–Crippen LogP) is 3.22. The number of ketones is 1. The number of carbonyl (C=O) groups excluding carboxylic acids is 1. The molecular formula is C14H16O. The molecule has 0 fully saturated rings. The molecular weight excluding hydrogens is 184 g/mol. The molecule has 0 saturated heterocycles. The van der Waals surface area contributed by atoms with Crippen molar-refractivity contribution in [1.29, 1.82) is 0 Å². The number of aryl methyl sites for hydroxylation is 1. The van der Waals surface area contributed by atoms with Crippen LogP contribution in [0, 0.1) is 6.92 Å². The van der Waals surface area contributed by atoms with Crippen molar-refractivity contribution >= 4 is 5.78 Å². The standard InChI is InChI=1S/C14H16O/c1-11-6-8-12(9-7-11)10-14(15)13-4-2-3-5-13/h4,6-9H,2-3,5,10H2,1H3. The van der Waals surface area contributed by atoms with Crippen LogP contribution in [0.25, 0.3) is 0 Å². The Hall–Kier alpha value is -1.37. The molecule has 0 N–H and O–H groups in total. The fourth-order valence-corrected chi connectivity index (χ4v) is 1.93. The van der Waals surface area contributed by atoms with Crippen LogP contribution in [0.2, 0.25) is 0 Å². The summed E-state index contributed by atoms with van der Waals surface area (Å²) in [6, 6.07) is 8.21. The van der Waals surface area contributed by atoms with Gasteiger partial charge in [-0.3, -0.25) is 4.79 Å². The minimum absolute atomic E-state index is 0.302. The van der Waals surface area contributed by atoms with Crippen LogP contribution in [-0.2, 0) is 11.2 Å². The van der Waals surface area contributed by atoms with Crippen molar-refractivity contribution in [2.24, 2.45) is 0 Å². The molecule has 15 heavy (non-hydrogen) atoms. The van der Waals surface area contributed by atoms with Crippen LogP contribution >= 0.6 is 0 Å². The maximum Gasteiger partial charge on any atom is 0.162 e. The molecule has 1 aliphatic rings. The first-order valence-electron chi connectivity index (χ1n) is 5.53. The molecule has 0 heterocycles. The van der Waals surface area contributed by atoms with E-state index in [0.717, 1.165) is 30.4 Å². The second-order valence-electron chi connectivity index (χ2n) is 4.21. The van der Waals surface area contributed by atoms with Crippen LogP contribution in [0.3, 0.4) is 0 Å². The fourth-order valence-electron chi connectivity index (χ4n) is 1.93. The van der Waals surface area contributed by atoms with Gasteiger partial charge in [-0.15, -0.1) is 0 Å². The summed E-state index contributed by atoms with van der Waals surface area (Å²) in [4.78, 5) is 11.8. The monoisotopic (exact) mass is 200 g/mol. The molecule has 1 nitrogen and oxygen atoms in total. The molecule has 0 radical (unpaired) electrons. The molecule has 0 aromatic heterocycles. The molecule has 0 unspecified atom stereocenters. The van der Waals surface area contributed by atoms with E-state index >= 15 is 0 Å². The third-order valence-electron chi connectivity index (χ3n) is 2.88. The minimum atomic E-state index is 0.302. The highest BCUT2D eigenvalue weighted by Crippen LogP contribution is 2.19. The summed E-state index contributed by atoms with van der Waals surface area (Å²) in [5.41, 5.74) is 3.40. The van der Waals surface area contributed by atoms with E-state index in [1.165, 1.54) is 5.56 Å². The number of allylic oxidation sites excluding steroid dienone is 2. The Bertz CT molecular complexity index is 384. The van der Waals surface area contributed by atoms with Gasteiger partial charge in [-0.05, 0) is 37.3 Å². The van der Waals surface area contributed by atoms with Crippen molar-refractivity contribution in [1.82, 2.24) is 0 Å². The number of Topliss-reactive ketones (excluding diaryl/α,β-unsaturated/α-hetero) is 1. The lowest BCUT2D eigenvalue weighted by Crippen LogP contribution is -2.04. The van der Waals surface area contributed by atoms with E-state index in [0.29, 0.717) is 12.2 Å². The molecule has 0 spiro atoms. The number of rotatable bonds is 3. The number of carbonyl (C=O) groups is 1. The van der Waals surface area contributed by atoms with Gasteiger partial charge < -0.3 is 0 Å². The van der Waals surface area contributed by atoms with Crippen molar-refractivity contribution in [3.05, 3.63) is 47.0 Å². The van der Waals surface area contributed by atoms with E-state index in [9.17, 15) is 4.79 Å². The van der Waals surface area contributed by atoms with Crippen LogP contribution in [0.15, 0.2) is 35.9 Å². The van der Waals surface area contributed by atoms with E-state index < -0.39 is 0 Å². The van der Waals surface area contributed by atoms with Crippen molar-refractivity contribution in [2.45, 2.75) is 32.6 Å². The van der Waals surface area contributed by atoms with Crippen LogP contribution in [-0.4, -0.2) is 5.78 Å². The van der Waals surface area contributed by atoms with Crippen molar-refractivity contribution < 1.29 is 4.79 Å². The Labute approximate surface area is 90.8 Å². The zero-order valence-corrected chi connectivity index (χ0v) is 9.12. The van der Waals surface area contributed by atoms with Gasteiger partial charge in [-0.2, -0.15) is 0 Å². The lowest BCUT2D eigenvalue weighted by atomic mass is 10.0. The highest BCUT2D eigenvalue weighted by Gasteiger charge is 2.13. The molecule has 0 atom stereocenters. The first-order chi connectivity index (χ1) is 7.25. The average molecular weight is 200 g/mol. The Morgan fingerprint density at radius 1 is 1.27 bits per heavy atom. The number of hydrogen-bond donors (Lipinski definition) is 0. The average Bonchev–Trinajstić information content (AvgIpc) is 2.74. The molecule has 0 aliphatic heterocycles. The third kappa shape index (κ3) is 2.56. The smallest absolute Gasteiger partial charge is 0.162 e. The molecule has 78 valence electrons. The quantitative estimate of drug-likeness (QED) is 0.732. The van der Waals surface area contributed by atoms with E-state index in [-0.39, 0.29) is 0 Å². The highest BCUT2D eigenvalue weighted by atomic mass is 16.1. The Morgan fingerprint density at radius 3 is 2.60 bits per heavy atom. The van der Waals surface area contributed by atoms with Crippen LogP contribution in [0.1, 0.15) is 30.4 Å². The molecule has 0 amide bonds. The SMILES string of the molecule is Cc1ccc(CC(=O)C2=CCCC2)cc1. The summed E-state index contributed by atoms with van der Waals surface area (Å²) in [7, 11) is 0. The summed E-state index contributed by atoms with van der Waals surface area (Å²) in [5, 5.41) is 0. The fraction of sp³-hybridized carbons (Fsp3) is 0.357.